The molecule has 3 aromatic carbocycles. The molecule has 3 nitrogen and oxygen atoms in total. The largest absolute Gasteiger partial charge is 0.298 e. The van der Waals surface area contributed by atoms with Gasteiger partial charge in [0.05, 0.1) is 0 Å². The fourth-order valence-corrected chi connectivity index (χ4v) is 4.01. The molecule has 0 bridgehead atoms. The van der Waals surface area contributed by atoms with E-state index in [-0.39, 0.29) is 5.91 Å². The van der Waals surface area contributed by atoms with Crippen molar-refractivity contribution in [1.82, 2.24) is 4.98 Å². The molecular formula is C24H22N2OS. The van der Waals surface area contributed by atoms with Gasteiger partial charge in [-0.25, -0.2) is 4.98 Å². The van der Waals surface area contributed by atoms with E-state index >= 15 is 0 Å². The lowest BCUT2D eigenvalue weighted by Crippen LogP contribution is -2.11. The molecule has 4 rings (SSSR count). The van der Waals surface area contributed by atoms with Gasteiger partial charge in [-0.15, -0.1) is 11.3 Å². The van der Waals surface area contributed by atoms with Crippen LogP contribution in [0.4, 0.5) is 5.13 Å². The summed E-state index contributed by atoms with van der Waals surface area (Å²) in [7, 11) is 0. The first-order chi connectivity index (χ1) is 13.6. The normalized spacial score (nSPS) is 11.1. The zero-order chi connectivity index (χ0) is 19.5. The van der Waals surface area contributed by atoms with Gasteiger partial charge in [0.15, 0.2) is 5.13 Å². The molecule has 0 spiro atoms. The van der Waals surface area contributed by atoms with Crippen LogP contribution in [0.15, 0.2) is 72.9 Å². The zero-order valence-electron chi connectivity index (χ0n) is 16.0. The highest BCUT2D eigenvalue weighted by Gasteiger charge is 2.10. The number of amides is 1. The van der Waals surface area contributed by atoms with Crippen molar-refractivity contribution >= 4 is 33.1 Å². The van der Waals surface area contributed by atoms with E-state index in [9.17, 15) is 4.79 Å². The molecule has 4 heteroatoms. The monoisotopic (exact) mass is 386 g/mol. The van der Waals surface area contributed by atoms with Gasteiger partial charge in [0.2, 0.25) is 0 Å². The fourth-order valence-electron chi connectivity index (χ4n) is 3.17. The lowest BCUT2D eigenvalue weighted by molar-refractivity contribution is 0.102. The Morgan fingerprint density at radius 1 is 1.00 bits per heavy atom. The van der Waals surface area contributed by atoms with Crippen LogP contribution < -0.4 is 5.32 Å². The van der Waals surface area contributed by atoms with Crippen molar-refractivity contribution in [2.75, 3.05) is 5.32 Å². The van der Waals surface area contributed by atoms with Gasteiger partial charge in [-0.2, -0.15) is 0 Å². The van der Waals surface area contributed by atoms with Crippen LogP contribution in [0.3, 0.4) is 0 Å². The number of benzene rings is 3. The second-order valence-corrected chi connectivity index (χ2v) is 8.34. The third-order valence-corrected chi connectivity index (χ3v) is 5.72. The van der Waals surface area contributed by atoms with Gasteiger partial charge >= 0.3 is 0 Å². The molecule has 0 unspecified atom stereocenters. The summed E-state index contributed by atoms with van der Waals surface area (Å²) >= 11 is 1.52. The topological polar surface area (TPSA) is 42.0 Å². The number of hydrogen-bond acceptors (Lipinski definition) is 3. The summed E-state index contributed by atoms with van der Waals surface area (Å²) in [6.07, 6.45) is 2.67. The van der Waals surface area contributed by atoms with Gasteiger partial charge in [-0.3, -0.25) is 10.1 Å². The Morgan fingerprint density at radius 2 is 1.75 bits per heavy atom. The number of carbonyl (C=O) groups is 1. The van der Waals surface area contributed by atoms with E-state index in [2.05, 4.69) is 48.4 Å². The molecule has 1 amide bonds. The minimum Gasteiger partial charge on any atom is -0.298 e. The third kappa shape index (κ3) is 4.12. The van der Waals surface area contributed by atoms with Crippen LogP contribution >= 0.6 is 11.3 Å². The van der Waals surface area contributed by atoms with Gasteiger partial charge in [-0.1, -0.05) is 68.4 Å². The van der Waals surface area contributed by atoms with Gasteiger partial charge in [-0.05, 0) is 39.9 Å². The Morgan fingerprint density at radius 3 is 2.50 bits per heavy atom. The summed E-state index contributed by atoms with van der Waals surface area (Å²) in [5, 5.41) is 5.73. The first kappa shape index (κ1) is 18.4. The minimum atomic E-state index is -0.132. The van der Waals surface area contributed by atoms with Crippen molar-refractivity contribution in [2.45, 2.75) is 26.2 Å². The second kappa shape index (κ2) is 7.95. The molecule has 0 saturated carbocycles. The zero-order valence-corrected chi connectivity index (χ0v) is 16.8. The first-order valence-electron chi connectivity index (χ1n) is 9.42. The maximum atomic E-state index is 12.6. The van der Waals surface area contributed by atoms with E-state index in [0.717, 1.165) is 22.1 Å². The molecule has 1 N–H and O–H groups in total. The molecule has 0 fully saturated rings. The summed E-state index contributed by atoms with van der Waals surface area (Å²) < 4.78 is 0. The molecule has 0 saturated heterocycles. The predicted molar refractivity (Wildman–Crippen MR) is 117 cm³/mol. The third-order valence-electron chi connectivity index (χ3n) is 4.81. The molecule has 140 valence electrons. The first-order valence-corrected chi connectivity index (χ1v) is 10.2. The van der Waals surface area contributed by atoms with Crippen molar-refractivity contribution in [2.24, 2.45) is 0 Å². The van der Waals surface area contributed by atoms with Crippen molar-refractivity contribution < 1.29 is 4.79 Å². The van der Waals surface area contributed by atoms with Crippen LogP contribution in [-0.2, 0) is 6.42 Å². The smallest absolute Gasteiger partial charge is 0.257 e. The number of thiazole rings is 1. The van der Waals surface area contributed by atoms with Crippen LogP contribution in [0.2, 0.25) is 0 Å². The number of fused-ring (bicyclic) bond motifs is 1. The summed E-state index contributed by atoms with van der Waals surface area (Å²) in [6.45, 7) is 4.39. The van der Waals surface area contributed by atoms with Crippen LogP contribution in [0.25, 0.3) is 10.8 Å². The van der Waals surface area contributed by atoms with Gasteiger partial charge in [0.25, 0.3) is 5.91 Å². The van der Waals surface area contributed by atoms with Crippen molar-refractivity contribution in [3.8, 4) is 0 Å². The molecule has 28 heavy (non-hydrogen) atoms. The van der Waals surface area contributed by atoms with E-state index in [0.29, 0.717) is 16.6 Å². The summed E-state index contributed by atoms with van der Waals surface area (Å²) in [6, 6.07) is 22.5. The molecule has 0 aliphatic carbocycles. The number of aromatic nitrogens is 1. The van der Waals surface area contributed by atoms with Crippen molar-refractivity contribution in [3.63, 3.8) is 0 Å². The Kier molecular flexibility index (Phi) is 5.22. The Balaban J connectivity index is 1.44. The number of nitrogens with one attached hydrogen (secondary N) is 1. The molecule has 1 aromatic heterocycles. The maximum absolute atomic E-state index is 12.6. The van der Waals surface area contributed by atoms with Crippen molar-refractivity contribution in [3.05, 3.63) is 94.5 Å². The fraction of sp³-hybridized carbons (Fsp3) is 0.167. The highest BCUT2D eigenvalue weighted by Crippen LogP contribution is 2.23. The molecular weight excluding hydrogens is 364 g/mol. The quantitative estimate of drug-likeness (QED) is 0.440. The van der Waals surface area contributed by atoms with Crippen LogP contribution in [0.1, 0.15) is 46.1 Å². The summed E-state index contributed by atoms with van der Waals surface area (Å²) in [5.41, 5.74) is 3.23. The SMILES string of the molecule is CC(C)c1ccc(Cc2cnc(NC(=O)c3ccc4ccccc4c3)s2)cc1. The average molecular weight is 387 g/mol. The van der Waals surface area contributed by atoms with Gasteiger partial charge < -0.3 is 0 Å². The number of hydrogen-bond donors (Lipinski definition) is 1. The van der Waals surface area contributed by atoms with E-state index < -0.39 is 0 Å². The molecule has 0 radical (unpaired) electrons. The highest BCUT2D eigenvalue weighted by atomic mass is 32.1. The lowest BCUT2D eigenvalue weighted by Gasteiger charge is -2.06. The highest BCUT2D eigenvalue weighted by molar-refractivity contribution is 7.15. The van der Waals surface area contributed by atoms with Crippen molar-refractivity contribution in [1.29, 1.82) is 0 Å². The number of nitrogens with zero attached hydrogens (tertiary/aromatic N) is 1. The number of anilines is 1. The van der Waals surface area contributed by atoms with Crippen LogP contribution in [0, 0.1) is 0 Å². The minimum absolute atomic E-state index is 0.132. The Hall–Kier alpha value is -2.98. The number of rotatable bonds is 5. The number of carbonyl (C=O) groups excluding carboxylic acids is 1. The second-order valence-electron chi connectivity index (χ2n) is 7.22. The van der Waals surface area contributed by atoms with Crippen LogP contribution in [0.5, 0.6) is 0 Å². The molecule has 0 aliphatic rings. The predicted octanol–water partition coefficient (Wildman–Crippen LogP) is 6.26. The molecule has 1 heterocycles. The average Bonchev–Trinajstić information content (AvgIpc) is 3.14. The van der Waals surface area contributed by atoms with E-state index in [4.69, 9.17) is 0 Å². The summed E-state index contributed by atoms with van der Waals surface area (Å²) in [5.74, 6) is 0.405. The molecule has 0 aliphatic heterocycles. The van der Waals surface area contributed by atoms with Crippen LogP contribution in [-0.4, -0.2) is 10.9 Å². The van der Waals surface area contributed by atoms with E-state index in [1.54, 1.807) is 0 Å². The van der Waals surface area contributed by atoms with Gasteiger partial charge in [0, 0.05) is 23.1 Å². The Bertz CT molecular complexity index is 1110. The Labute approximate surface area is 169 Å². The van der Waals surface area contributed by atoms with Gasteiger partial charge in [0.1, 0.15) is 0 Å². The maximum Gasteiger partial charge on any atom is 0.257 e. The summed E-state index contributed by atoms with van der Waals surface area (Å²) in [4.78, 5) is 18.1. The lowest BCUT2D eigenvalue weighted by atomic mass is 10.0. The standard InChI is InChI=1S/C24H22N2OS/c1-16(2)18-9-7-17(8-10-18)13-22-15-25-24(28-22)26-23(27)21-12-11-19-5-3-4-6-20(19)14-21/h3-12,14-16H,13H2,1-2H3,(H,25,26,27). The molecule has 4 aromatic rings. The van der Waals surface area contributed by atoms with E-state index in [1.165, 1.54) is 22.5 Å². The van der Waals surface area contributed by atoms with E-state index in [1.807, 2.05) is 48.7 Å². The molecule has 0 atom stereocenters.